The van der Waals surface area contributed by atoms with Gasteiger partial charge in [0.1, 0.15) is 6.20 Å². The summed E-state index contributed by atoms with van der Waals surface area (Å²) in [6.07, 6.45) is -2.24. The third-order valence-corrected chi connectivity index (χ3v) is 8.25. The number of halogens is 5. The van der Waals surface area contributed by atoms with Crippen molar-refractivity contribution in [2.75, 3.05) is 6.61 Å². The molecule has 0 spiro atoms. The Morgan fingerprint density at radius 2 is 1.84 bits per heavy atom. The molecule has 0 radical (unpaired) electrons. The highest BCUT2D eigenvalue weighted by molar-refractivity contribution is 9.13. The van der Waals surface area contributed by atoms with Crippen molar-refractivity contribution in [1.82, 2.24) is 14.6 Å². The monoisotopic (exact) mass is 731 g/mol. The lowest BCUT2D eigenvalue weighted by Crippen LogP contribution is -2.20. The molecule has 0 saturated carbocycles. The normalized spacial score (nSPS) is 11.7. The van der Waals surface area contributed by atoms with Gasteiger partial charge in [-0.05, 0) is 69.1 Å². The van der Waals surface area contributed by atoms with E-state index >= 15 is 0 Å². The van der Waals surface area contributed by atoms with Gasteiger partial charge in [-0.1, -0.05) is 24.3 Å². The van der Waals surface area contributed by atoms with Gasteiger partial charge in [-0.15, -0.1) is 0 Å². The van der Waals surface area contributed by atoms with E-state index in [0.717, 1.165) is 23.0 Å². The fourth-order valence-electron chi connectivity index (χ4n) is 4.07. The van der Waals surface area contributed by atoms with Crippen molar-refractivity contribution in [3.05, 3.63) is 113 Å². The number of fused-ring (bicyclic) bond motifs is 1. The smallest absolute Gasteiger partial charge is 0.416 e. The van der Waals surface area contributed by atoms with Gasteiger partial charge in [-0.2, -0.15) is 22.9 Å². The second kappa shape index (κ2) is 12.5. The minimum Gasteiger partial charge on any atom is -0.490 e. The van der Waals surface area contributed by atoms with Crippen molar-refractivity contribution in [3.8, 4) is 28.8 Å². The number of nitro groups is 1. The SMILES string of the molecule is CCOc1cc(C=Nn2c(-c3cccc(C(F)(F)F)c3)nc3ccccc3c2=O)c(Br)c(Br)c1Oc1ccc([N+](=O)[O-])cn1. The number of para-hydroxylation sites is 1. The maximum absolute atomic E-state index is 13.5. The van der Waals surface area contributed by atoms with Gasteiger partial charge in [0.15, 0.2) is 17.3 Å². The van der Waals surface area contributed by atoms with Crippen LogP contribution in [0, 0.1) is 10.1 Å². The Balaban J connectivity index is 1.62. The highest BCUT2D eigenvalue weighted by Gasteiger charge is 2.31. The summed E-state index contributed by atoms with van der Waals surface area (Å²) >= 11 is 6.94. The van der Waals surface area contributed by atoms with Gasteiger partial charge in [0.25, 0.3) is 11.2 Å². The predicted octanol–water partition coefficient (Wildman–Crippen LogP) is 7.98. The summed E-state index contributed by atoms with van der Waals surface area (Å²) in [5.74, 6) is 0.406. The second-order valence-corrected chi connectivity index (χ2v) is 10.5. The molecule has 5 aromatic rings. The van der Waals surface area contributed by atoms with Crippen molar-refractivity contribution in [3.63, 3.8) is 0 Å². The first-order valence-electron chi connectivity index (χ1n) is 12.6. The van der Waals surface area contributed by atoms with Gasteiger partial charge >= 0.3 is 6.18 Å². The fraction of sp³-hybridized carbons (Fsp3) is 0.103. The molecule has 0 fully saturated rings. The van der Waals surface area contributed by atoms with E-state index in [1.54, 1.807) is 37.3 Å². The maximum atomic E-state index is 13.5. The molecule has 3 aromatic carbocycles. The lowest BCUT2D eigenvalue weighted by molar-refractivity contribution is -0.385. The molecule has 0 N–H and O–H groups in total. The molecule has 0 amide bonds. The first-order valence-corrected chi connectivity index (χ1v) is 14.2. The van der Waals surface area contributed by atoms with E-state index in [2.05, 4.69) is 46.9 Å². The quantitative estimate of drug-likeness (QED) is 0.0901. The molecule has 0 saturated heterocycles. The van der Waals surface area contributed by atoms with Gasteiger partial charge in [-0.25, -0.2) is 9.97 Å². The predicted molar refractivity (Wildman–Crippen MR) is 163 cm³/mol. The number of aromatic nitrogens is 3. The van der Waals surface area contributed by atoms with Gasteiger partial charge in [0.05, 0.1) is 38.7 Å². The summed E-state index contributed by atoms with van der Waals surface area (Å²) in [6, 6.07) is 15.0. The van der Waals surface area contributed by atoms with Crippen LogP contribution in [0.4, 0.5) is 18.9 Å². The van der Waals surface area contributed by atoms with Gasteiger partial charge in [0.2, 0.25) is 5.88 Å². The van der Waals surface area contributed by atoms with E-state index in [9.17, 15) is 28.1 Å². The molecular weight excluding hydrogens is 715 g/mol. The Kier molecular flexibility index (Phi) is 8.78. The second-order valence-electron chi connectivity index (χ2n) is 8.96. The minimum atomic E-state index is -4.61. The Morgan fingerprint density at radius 3 is 2.52 bits per heavy atom. The molecule has 0 aliphatic carbocycles. The zero-order valence-electron chi connectivity index (χ0n) is 22.4. The molecule has 10 nitrogen and oxygen atoms in total. The van der Waals surface area contributed by atoms with Crippen molar-refractivity contribution in [2.24, 2.45) is 5.10 Å². The summed E-state index contributed by atoms with van der Waals surface area (Å²) in [4.78, 5) is 32.4. The highest BCUT2D eigenvalue weighted by Crippen LogP contribution is 2.44. The largest absolute Gasteiger partial charge is 0.490 e. The lowest BCUT2D eigenvalue weighted by Gasteiger charge is -2.16. The molecule has 0 unspecified atom stereocenters. The summed E-state index contributed by atoms with van der Waals surface area (Å²) in [5.41, 5.74) is -0.978. The summed E-state index contributed by atoms with van der Waals surface area (Å²) in [7, 11) is 0. The average molecular weight is 733 g/mol. The van der Waals surface area contributed by atoms with Crippen molar-refractivity contribution in [1.29, 1.82) is 0 Å². The van der Waals surface area contributed by atoms with E-state index in [-0.39, 0.29) is 46.4 Å². The minimum absolute atomic E-state index is 0.0365. The summed E-state index contributed by atoms with van der Waals surface area (Å²) in [6.45, 7) is 1.99. The third kappa shape index (κ3) is 6.33. The molecule has 0 bridgehead atoms. The number of ether oxygens (including phenoxy) is 2. The molecular formula is C29H18Br2F3N5O5. The molecule has 224 valence electrons. The lowest BCUT2D eigenvalue weighted by atomic mass is 10.1. The molecule has 0 atom stereocenters. The highest BCUT2D eigenvalue weighted by atomic mass is 79.9. The van der Waals surface area contributed by atoms with E-state index in [0.29, 0.717) is 20.0 Å². The van der Waals surface area contributed by atoms with Crippen molar-refractivity contribution < 1.29 is 27.6 Å². The number of hydrogen-bond acceptors (Lipinski definition) is 8. The first kappa shape index (κ1) is 30.8. The van der Waals surface area contributed by atoms with Crippen LogP contribution in [-0.2, 0) is 6.18 Å². The average Bonchev–Trinajstić information content (AvgIpc) is 3.00. The topological polar surface area (TPSA) is 122 Å². The fourth-order valence-corrected chi connectivity index (χ4v) is 4.98. The molecule has 2 heterocycles. The van der Waals surface area contributed by atoms with Crippen molar-refractivity contribution in [2.45, 2.75) is 13.1 Å². The number of alkyl halides is 3. The summed E-state index contributed by atoms with van der Waals surface area (Å²) < 4.78 is 53.9. The number of benzene rings is 3. The number of nitrogens with zero attached hydrogens (tertiary/aromatic N) is 5. The maximum Gasteiger partial charge on any atom is 0.416 e. The van der Waals surface area contributed by atoms with Gasteiger partial charge < -0.3 is 9.47 Å². The molecule has 5 rings (SSSR count). The van der Waals surface area contributed by atoms with Crippen molar-refractivity contribution >= 4 is 54.7 Å². The van der Waals surface area contributed by atoms with Crippen LogP contribution in [0.3, 0.4) is 0 Å². The number of rotatable bonds is 8. The molecule has 44 heavy (non-hydrogen) atoms. The standard InChI is InChI=1S/C29H18Br2F3N5O5/c1-2-43-22-13-17(24(30)25(31)26(22)44-23-11-10-19(15-35-23)39(41)42)14-36-38-27(16-6-5-7-18(12-16)29(32,33)34)37-21-9-4-3-8-20(21)28(38)40/h3-15H,2H2,1H3. The van der Waals surface area contributed by atoms with Gasteiger partial charge in [-0.3, -0.25) is 14.9 Å². The van der Waals surface area contributed by atoms with Crippen LogP contribution in [0.5, 0.6) is 17.4 Å². The zero-order chi connectivity index (χ0) is 31.6. The van der Waals surface area contributed by atoms with E-state index in [1.807, 2.05) is 0 Å². The van der Waals surface area contributed by atoms with Crippen LogP contribution >= 0.6 is 31.9 Å². The zero-order valence-corrected chi connectivity index (χ0v) is 25.6. The van der Waals surface area contributed by atoms with E-state index in [4.69, 9.17) is 9.47 Å². The Labute approximate surface area is 263 Å². The molecule has 0 aliphatic rings. The van der Waals surface area contributed by atoms with Crippen LogP contribution in [0.1, 0.15) is 18.1 Å². The molecule has 0 aliphatic heterocycles. The molecule has 2 aromatic heterocycles. The number of hydrogen-bond donors (Lipinski definition) is 0. The Hall–Kier alpha value is -4.63. The Morgan fingerprint density at radius 1 is 1.07 bits per heavy atom. The van der Waals surface area contributed by atoms with Crippen LogP contribution < -0.4 is 15.0 Å². The van der Waals surface area contributed by atoms with Crippen LogP contribution in [-0.4, -0.2) is 32.4 Å². The molecule has 15 heteroatoms. The van der Waals surface area contributed by atoms with Crippen LogP contribution in [0.15, 0.2) is 91.8 Å². The van der Waals surface area contributed by atoms with Crippen LogP contribution in [0.2, 0.25) is 0 Å². The first-order chi connectivity index (χ1) is 21.0. The van der Waals surface area contributed by atoms with E-state index in [1.165, 1.54) is 30.5 Å². The van der Waals surface area contributed by atoms with Crippen LogP contribution in [0.25, 0.3) is 22.3 Å². The summed E-state index contributed by atoms with van der Waals surface area (Å²) in [5, 5.41) is 15.5. The third-order valence-electron chi connectivity index (χ3n) is 6.11. The van der Waals surface area contributed by atoms with E-state index < -0.39 is 22.2 Å². The number of pyridine rings is 1. The van der Waals surface area contributed by atoms with Gasteiger partial charge in [0, 0.05) is 27.7 Å². The Bertz CT molecular complexity index is 1980.